The number of primary amides is 1. The van der Waals surface area contributed by atoms with E-state index in [1.165, 1.54) is 12.1 Å². The zero-order valence-electron chi connectivity index (χ0n) is 24.8. The van der Waals surface area contributed by atoms with E-state index < -0.39 is 15.9 Å². The van der Waals surface area contributed by atoms with Gasteiger partial charge in [-0.25, -0.2) is 13.6 Å². The quantitative estimate of drug-likeness (QED) is 0.146. The van der Waals surface area contributed by atoms with Gasteiger partial charge >= 0.3 is 0 Å². The number of primary sulfonamides is 1. The van der Waals surface area contributed by atoms with Crippen LogP contribution in [0.1, 0.15) is 43.0 Å². The van der Waals surface area contributed by atoms with Crippen LogP contribution >= 0.6 is 0 Å². The first kappa shape index (κ1) is 31.7. The number of ether oxygens (including phenoxy) is 2. The Hall–Kier alpha value is -4.19. The molecule has 11 heteroatoms. The van der Waals surface area contributed by atoms with Gasteiger partial charge in [0.15, 0.2) is 11.5 Å². The van der Waals surface area contributed by atoms with Crippen LogP contribution in [0.4, 0.5) is 11.4 Å². The van der Waals surface area contributed by atoms with E-state index in [1.54, 1.807) is 18.3 Å². The normalized spacial score (nSPS) is 11.4. The topological polar surface area (TPSA) is 159 Å². The lowest BCUT2D eigenvalue weighted by atomic mass is 10.0. The largest absolute Gasteiger partial charge is 0.490 e. The molecule has 10 nitrogen and oxygen atoms in total. The number of pyridine rings is 1. The number of amides is 1. The average molecular weight is 606 g/mol. The molecule has 0 aliphatic carbocycles. The van der Waals surface area contributed by atoms with Gasteiger partial charge in [-0.3, -0.25) is 9.78 Å². The van der Waals surface area contributed by atoms with E-state index in [0.717, 1.165) is 46.3 Å². The number of carbonyl (C=O) groups excluding carboxylic acids is 1. The number of carbonyl (C=O) groups is 1. The van der Waals surface area contributed by atoms with Gasteiger partial charge in [-0.05, 0) is 74.2 Å². The Labute approximate surface area is 252 Å². The number of sulfonamides is 1. The highest BCUT2D eigenvalue weighted by Crippen LogP contribution is 2.38. The lowest BCUT2D eigenvalue weighted by Gasteiger charge is -2.20. The molecule has 0 aliphatic heterocycles. The molecule has 0 fully saturated rings. The average Bonchev–Trinajstić information content (AvgIpc) is 2.97. The fourth-order valence-corrected chi connectivity index (χ4v) is 5.53. The van der Waals surface area contributed by atoms with Crippen LogP contribution in [0, 0.1) is 0 Å². The van der Waals surface area contributed by atoms with Crippen molar-refractivity contribution in [2.45, 2.75) is 51.5 Å². The van der Waals surface area contributed by atoms with Gasteiger partial charge < -0.3 is 25.8 Å². The second kappa shape index (κ2) is 14.3. The zero-order valence-corrected chi connectivity index (χ0v) is 25.6. The van der Waals surface area contributed by atoms with Crippen LogP contribution < -0.4 is 31.0 Å². The van der Waals surface area contributed by atoms with E-state index in [4.69, 9.17) is 20.3 Å². The summed E-state index contributed by atoms with van der Waals surface area (Å²) in [6.07, 6.45) is 3.22. The molecule has 0 radical (unpaired) electrons. The molecule has 0 spiro atoms. The van der Waals surface area contributed by atoms with Crippen LogP contribution in [0.3, 0.4) is 0 Å². The maximum absolute atomic E-state index is 12.0. The number of nitrogens with zero attached hydrogens (tertiary/aromatic N) is 1. The molecule has 0 aliphatic rings. The Bertz CT molecular complexity index is 1690. The third-order valence-electron chi connectivity index (χ3n) is 7.02. The third kappa shape index (κ3) is 8.01. The number of fused-ring (bicyclic) bond motifs is 1. The summed E-state index contributed by atoms with van der Waals surface area (Å²) in [5.41, 5.74) is 12.0. The number of aromatic nitrogens is 1. The molecule has 1 aromatic heterocycles. The highest BCUT2D eigenvalue weighted by molar-refractivity contribution is 7.89. The SMILES string of the molecule is CCOc1cc2ncc(CC(N)=O)c(Nc3cccc(CNCCc4ccc(S(N)(=O)=O)cc4)c3CC)c2cc1OCC. The number of hydrogen-bond acceptors (Lipinski definition) is 8. The van der Waals surface area contributed by atoms with Crippen molar-refractivity contribution in [3.8, 4) is 11.5 Å². The van der Waals surface area contributed by atoms with Crippen molar-refractivity contribution in [3.05, 3.63) is 83.0 Å². The highest BCUT2D eigenvalue weighted by Gasteiger charge is 2.17. The second-order valence-corrected chi connectivity index (χ2v) is 11.6. The highest BCUT2D eigenvalue weighted by atomic mass is 32.2. The minimum atomic E-state index is -3.71. The van der Waals surface area contributed by atoms with Gasteiger partial charge in [-0.2, -0.15) is 0 Å². The third-order valence-corrected chi connectivity index (χ3v) is 7.95. The predicted molar refractivity (Wildman–Crippen MR) is 169 cm³/mol. The van der Waals surface area contributed by atoms with Crippen LogP contribution in [0.5, 0.6) is 11.5 Å². The molecule has 0 unspecified atom stereocenters. The van der Waals surface area contributed by atoms with Crippen LogP contribution in [0.2, 0.25) is 0 Å². The standard InChI is InChI=1S/C32H39N5O5S/c1-4-25-22(19-35-15-14-21-10-12-24(13-11-21)43(34,39)40)8-7-9-27(25)37-32-23(16-31(33)38)20-36-28-18-30(42-6-3)29(41-5-2)17-26(28)32/h7-13,17-18,20,35H,4-6,14-16,19H2,1-3H3,(H2,33,38)(H,36,37)(H2,34,39,40). The smallest absolute Gasteiger partial charge is 0.238 e. The molecule has 228 valence electrons. The Kier molecular flexibility index (Phi) is 10.6. The minimum Gasteiger partial charge on any atom is -0.490 e. The van der Waals surface area contributed by atoms with E-state index in [9.17, 15) is 13.2 Å². The lowest BCUT2D eigenvalue weighted by molar-refractivity contribution is -0.117. The summed E-state index contributed by atoms with van der Waals surface area (Å²) in [4.78, 5) is 16.7. The van der Waals surface area contributed by atoms with Crippen molar-refractivity contribution in [1.29, 1.82) is 0 Å². The van der Waals surface area contributed by atoms with Crippen molar-refractivity contribution in [3.63, 3.8) is 0 Å². The minimum absolute atomic E-state index is 0.0311. The van der Waals surface area contributed by atoms with Crippen molar-refractivity contribution >= 4 is 38.2 Å². The number of hydrogen-bond donors (Lipinski definition) is 4. The number of benzene rings is 3. The Morgan fingerprint density at radius 3 is 2.28 bits per heavy atom. The number of rotatable bonds is 15. The van der Waals surface area contributed by atoms with Gasteiger partial charge in [-0.1, -0.05) is 31.2 Å². The van der Waals surface area contributed by atoms with E-state index in [-0.39, 0.29) is 11.3 Å². The zero-order chi connectivity index (χ0) is 31.0. The summed E-state index contributed by atoms with van der Waals surface area (Å²) < 4.78 is 34.7. The number of nitrogens with one attached hydrogen (secondary N) is 2. The van der Waals surface area contributed by atoms with Crippen LogP contribution in [0.15, 0.2) is 65.7 Å². The van der Waals surface area contributed by atoms with Gasteiger partial charge in [-0.15, -0.1) is 0 Å². The molecular weight excluding hydrogens is 566 g/mol. The van der Waals surface area contributed by atoms with E-state index in [2.05, 4.69) is 28.6 Å². The first-order valence-electron chi connectivity index (χ1n) is 14.3. The fraction of sp³-hybridized carbons (Fsp3) is 0.312. The molecule has 43 heavy (non-hydrogen) atoms. The van der Waals surface area contributed by atoms with Crippen molar-refractivity contribution in [2.24, 2.45) is 10.9 Å². The van der Waals surface area contributed by atoms with Gasteiger partial charge in [0.1, 0.15) is 0 Å². The summed E-state index contributed by atoms with van der Waals surface area (Å²) in [5, 5.41) is 13.1. The number of anilines is 2. The molecule has 4 aromatic rings. The van der Waals surface area contributed by atoms with E-state index >= 15 is 0 Å². The molecule has 4 rings (SSSR count). The summed E-state index contributed by atoms with van der Waals surface area (Å²) in [7, 11) is -3.71. The summed E-state index contributed by atoms with van der Waals surface area (Å²) in [6.45, 7) is 8.24. The molecule has 1 amide bonds. The van der Waals surface area contributed by atoms with Crippen LogP contribution in [-0.4, -0.2) is 39.1 Å². The molecule has 0 saturated heterocycles. The van der Waals surface area contributed by atoms with Gasteiger partial charge in [0.2, 0.25) is 15.9 Å². The Morgan fingerprint density at radius 1 is 0.953 bits per heavy atom. The summed E-state index contributed by atoms with van der Waals surface area (Å²) in [5.74, 6) is 0.764. The summed E-state index contributed by atoms with van der Waals surface area (Å²) in [6, 6.07) is 16.5. The molecule has 0 atom stereocenters. The van der Waals surface area contributed by atoms with Gasteiger partial charge in [0.25, 0.3) is 0 Å². The predicted octanol–water partition coefficient (Wildman–Crippen LogP) is 4.35. The number of nitrogens with two attached hydrogens (primary N) is 2. The Balaban J connectivity index is 1.60. The van der Waals surface area contributed by atoms with Crippen LogP contribution in [-0.2, 0) is 40.6 Å². The van der Waals surface area contributed by atoms with E-state index in [0.29, 0.717) is 48.9 Å². The Morgan fingerprint density at radius 2 is 1.65 bits per heavy atom. The van der Waals surface area contributed by atoms with Gasteiger partial charge in [0.05, 0.1) is 35.7 Å². The summed E-state index contributed by atoms with van der Waals surface area (Å²) >= 11 is 0. The maximum atomic E-state index is 12.0. The van der Waals surface area contributed by atoms with Crippen molar-refractivity contribution in [1.82, 2.24) is 10.3 Å². The molecule has 6 N–H and O–H groups in total. The maximum Gasteiger partial charge on any atom is 0.238 e. The van der Waals surface area contributed by atoms with Crippen LogP contribution in [0.25, 0.3) is 10.9 Å². The molecule has 0 bridgehead atoms. The second-order valence-electron chi connectivity index (χ2n) is 10.0. The lowest BCUT2D eigenvalue weighted by Crippen LogP contribution is -2.18. The molecular formula is C32H39N5O5S. The molecule has 1 heterocycles. The van der Waals surface area contributed by atoms with E-state index in [1.807, 2.05) is 38.1 Å². The molecule has 3 aromatic carbocycles. The first-order valence-corrected chi connectivity index (χ1v) is 15.9. The fourth-order valence-electron chi connectivity index (χ4n) is 5.02. The van der Waals surface area contributed by atoms with Crippen molar-refractivity contribution < 1.29 is 22.7 Å². The molecule has 0 saturated carbocycles. The monoisotopic (exact) mass is 605 g/mol. The van der Waals surface area contributed by atoms with Crippen molar-refractivity contribution in [2.75, 3.05) is 25.1 Å². The first-order chi connectivity index (χ1) is 20.6. The van der Waals surface area contributed by atoms with Gasteiger partial charge in [0, 0.05) is 35.4 Å².